The zero-order valence-corrected chi connectivity index (χ0v) is 12.9. The van der Waals surface area contributed by atoms with E-state index in [4.69, 9.17) is 0 Å². The van der Waals surface area contributed by atoms with Gasteiger partial charge in [-0.3, -0.25) is 4.98 Å². The van der Waals surface area contributed by atoms with Gasteiger partial charge in [-0.25, -0.2) is 4.98 Å². The van der Waals surface area contributed by atoms with E-state index in [0.29, 0.717) is 6.54 Å². The summed E-state index contributed by atoms with van der Waals surface area (Å²) in [5, 5.41) is 4.30. The first-order valence-electron chi connectivity index (χ1n) is 7.36. The Kier molecular flexibility index (Phi) is 3.88. The molecule has 3 rings (SSSR count). The van der Waals surface area contributed by atoms with Crippen LogP contribution in [-0.4, -0.2) is 16.5 Å². The molecule has 0 saturated heterocycles. The van der Waals surface area contributed by atoms with Crippen LogP contribution in [0, 0.1) is 13.8 Å². The third-order valence-electron chi connectivity index (χ3n) is 3.86. The van der Waals surface area contributed by atoms with Crippen molar-refractivity contribution >= 4 is 16.7 Å². The summed E-state index contributed by atoms with van der Waals surface area (Å²) in [6.45, 7) is 8.67. The van der Waals surface area contributed by atoms with Crippen LogP contribution in [-0.2, 0) is 0 Å². The minimum atomic E-state index is 0.681. The Balaban J connectivity index is 2.11. The Morgan fingerprint density at radius 1 is 1.05 bits per heavy atom. The lowest BCUT2D eigenvalue weighted by Gasteiger charge is -2.09. The van der Waals surface area contributed by atoms with E-state index in [1.807, 2.05) is 18.3 Å². The van der Waals surface area contributed by atoms with E-state index in [9.17, 15) is 0 Å². The number of aryl methyl sites for hydroxylation is 2. The molecule has 0 bridgehead atoms. The molecule has 0 aliphatic rings. The lowest BCUT2D eigenvalue weighted by Crippen LogP contribution is -2.01. The van der Waals surface area contributed by atoms with Crippen LogP contribution < -0.4 is 5.32 Å². The highest BCUT2D eigenvalue weighted by molar-refractivity contribution is 5.92. The Morgan fingerprint density at radius 3 is 2.68 bits per heavy atom. The monoisotopic (exact) mass is 289 g/mol. The first kappa shape index (κ1) is 14.3. The molecule has 0 spiro atoms. The molecule has 0 saturated carbocycles. The van der Waals surface area contributed by atoms with Gasteiger partial charge in [-0.15, -0.1) is 6.58 Å². The number of hydrogen-bond donors (Lipinski definition) is 1. The number of aromatic nitrogens is 2. The fourth-order valence-electron chi connectivity index (χ4n) is 2.44. The molecule has 3 nitrogen and oxygen atoms in total. The van der Waals surface area contributed by atoms with E-state index in [0.717, 1.165) is 22.3 Å². The second-order valence-electron chi connectivity index (χ2n) is 5.42. The van der Waals surface area contributed by atoms with E-state index in [1.54, 1.807) is 6.20 Å². The molecule has 0 aliphatic carbocycles. The smallest absolute Gasteiger partial charge is 0.135 e. The highest BCUT2D eigenvalue weighted by Crippen LogP contribution is 2.27. The molecular formula is C19H19N3. The number of nitrogens with zero attached hydrogens (tertiary/aromatic N) is 2. The third-order valence-corrected chi connectivity index (χ3v) is 3.86. The molecule has 0 unspecified atom stereocenters. The van der Waals surface area contributed by atoms with Crippen LogP contribution in [0.5, 0.6) is 0 Å². The number of pyridine rings is 2. The van der Waals surface area contributed by atoms with E-state index in [1.165, 1.54) is 16.7 Å². The van der Waals surface area contributed by atoms with Gasteiger partial charge < -0.3 is 5.32 Å². The maximum absolute atomic E-state index is 4.57. The minimum Gasteiger partial charge on any atom is -0.366 e. The normalized spacial score (nSPS) is 10.6. The summed E-state index contributed by atoms with van der Waals surface area (Å²) in [7, 11) is 0. The number of benzene rings is 1. The van der Waals surface area contributed by atoms with Crippen molar-refractivity contribution in [2.75, 3.05) is 11.9 Å². The summed E-state index contributed by atoms with van der Waals surface area (Å²) < 4.78 is 0. The van der Waals surface area contributed by atoms with Gasteiger partial charge in [-0.2, -0.15) is 0 Å². The largest absolute Gasteiger partial charge is 0.366 e. The highest BCUT2D eigenvalue weighted by atomic mass is 15.0. The Hall–Kier alpha value is -2.68. The fourth-order valence-corrected chi connectivity index (χ4v) is 2.44. The molecule has 110 valence electrons. The SMILES string of the molecule is C=CCNc1nccc2ncc(-c3ccc(C)c(C)c3)cc12. The van der Waals surface area contributed by atoms with Crippen molar-refractivity contribution in [1.82, 2.24) is 9.97 Å². The van der Waals surface area contributed by atoms with Gasteiger partial charge in [-0.1, -0.05) is 24.3 Å². The lowest BCUT2D eigenvalue weighted by molar-refractivity contribution is 1.24. The molecule has 1 N–H and O–H groups in total. The van der Waals surface area contributed by atoms with Crippen LogP contribution in [0.4, 0.5) is 5.82 Å². The van der Waals surface area contributed by atoms with Crippen molar-refractivity contribution in [2.45, 2.75) is 13.8 Å². The molecule has 3 heteroatoms. The first-order chi connectivity index (χ1) is 10.7. The molecule has 0 amide bonds. The number of fused-ring (bicyclic) bond motifs is 1. The van der Waals surface area contributed by atoms with Crippen molar-refractivity contribution in [3.8, 4) is 11.1 Å². The Morgan fingerprint density at radius 2 is 1.91 bits per heavy atom. The number of hydrogen-bond acceptors (Lipinski definition) is 3. The molecular weight excluding hydrogens is 270 g/mol. The minimum absolute atomic E-state index is 0.681. The van der Waals surface area contributed by atoms with Gasteiger partial charge in [0.2, 0.25) is 0 Å². The van der Waals surface area contributed by atoms with Crippen molar-refractivity contribution in [3.63, 3.8) is 0 Å². The van der Waals surface area contributed by atoms with Gasteiger partial charge in [0.15, 0.2) is 0 Å². The van der Waals surface area contributed by atoms with Gasteiger partial charge in [-0.05, 0) is 42.7 Å². The van der Waals surface area contributed by atoms with Crippen LogP contribution >= 0.6 is 0 Å². The maximum atomic E-state index is 4.57. The van der Waals surface area contributed by atoms with Crippen molar-refractivity contribution < 1.29 is 0 Å². The van der Waals surface area contributed by atoms with E-state index >= 15 is 0 Å². The molecule has 2 aromatic heterocycles. The van der Waals surface area contributed by atoms with Gasteiger partial charge in [0, 0.05) is 29.9 Å². The Bertz CT molecular complexity index is 837. The second-order valence-corrected chi connectivity index (χ2v) is 5.42. The average Bonchev–Trinajstić information content (AvgIpc) is 2.55. The Labute approximate surface area is 130 Å². The fraction of sp³-hybridized carbons (Fsp3) is 0.158. The summed E-state index contributed by atoms with van der Waals surface area (Å²) in [4.78, 5) is 8.98. The number of rotatable bonds is 4. The summed E-state index contributed by atoms with van der Waals surface area (Å²) >= 11 is 0. The van der Waals surface area contributed by atoms with Gasteiger partial charge >= 0.3 is 0 Å². The molecule has 0 radical (unpaired) electrons. The molecule has 0 atom stereocenters. The summed E-state index contributed by atoms with van der Waals surface area (Å²) in [6.07, 6.45) is 5.52. The molecule has 0 aliphatic heterocycles. The number of nitrogens with one attached hydrogen (secondary N) is 1. The van der Waals surface area contributed by atoms with Crippen LogP contribution in [0.2, 0.25) is 0 Å². The zero-order chi connectivity index (χ0) is 15.5. The van der Waals surface area contributed by atoms with E-state index in [2.05, 4.69) is 60.0 Å². The molecule has 1 aromatic carbocycles. The van der Waals surface area contributed by atoms with Crippen LogP contribution in [0.3, 0.4) is 0 Å². The lowest BCUT2D eigenvalue weighted by atomic mass is 10.0. The topological polar surface area (TPSA) is 37.8 Å². The summed E-state index contributed by atoms with van der Waals surface area (Å²) in [5.41, 5.74) is 5.80. The quantitative estimate of drug-likeness (QED) is 0.718. The average molecular weight is 289 g/mol. The number of anilines is 1. The molecule has 2 heterocycles. The second kappa shape index (κ2) is 5.98. The van der Waals surface area contributed by atoms with Crippen molar-refractivity contribution in [3.05, 3.63) is 66.5 Å². The maximum Gasteiger partial charge on any atom is 0.135 e. The van der Waals surface area contributed by atoms with E-state index < -0.39 is 0 Å². The standard InChI is InChI=1S/C19H19N3/c1-4-8-20-19-17-11-16(12-22-18(17)7-9-21-19)15-6-5-13(2)14(3)10-15/h4-7,9-12H,1,8H2,2-3H3,(H,20,21). The molecule has 22 heavy (non-hydrogen) atoms. The summed E-state index contributed by atoms with van der Waals surface area (Å²) in [5.74, 6) is 0.843. The van der Waals surface area contributed by atoms with Gasteiger partial charge in [0.25, 0.3) is 0 Å². The van der Waals surface area contributed by atoms with Gasteiger partial charge in [0.1, 0.15) is 5.82 Å². The molecule has 3 aromatic rings. The van der Waals surface area contributed by atoms with Crippen molar-refractivity contribution in [1.29, 1.82) is 0 Å². The summed E-state index contributed by atoms with van der Waals surface area (Å²) in [6, 6.07) is 10.6. The predicted octanol–water partition coefficient (Wildman–Crippen LogP) is 4.51. The van der Waals surface area contributed by atoms with Gasteiger partial charge in [0.05, 0.1) is 5.52 Å². The van der Waals surface area contributed by atoms with Crippen LogP contribution in [0.15, 0.2) is 55.4 Å². The predicted molar refractivity (Wildman–Crippen MR) is 93.1 cm³/mol. The van der Waals surface area contributed by atoms with E-state index in [-0.39, 0.29) is 0 Å². The first-order valence-corrected chi connectivity index (χ1v) is 7.36. The van der Waals surface area contributed by atoms with Crippen molar-refractivity contribution in [2.24, 2.45) is 0 Å². The highest BCUT2D eigenvalue weighted by Gasteiger charge is 2.06. The van der Waals surface area contributed by atoms with Crippen LogP contribution in [0.1, 0.15) is 11.1 Å². The van der Waals surface area contributed by atoms with Crippen LogP contribution in [0.25, 0.3) is 22.0 Å². The third kappa shape index (κ3) is 2.70. The zero-order valence-electron chi connectivity index (χ0n) is 12.9. The molecule has 0 fully saturated rings.